The van der Waals surface area contributed by atoms with E-state index in [4.69, 9.17) is 4.74 Å². The molecule has 5 heteroatoms. The summed E-state index contributed by atoms with van der Waals surface area (Å²) < 4.78 is 5.99. The van der Waals surface area contributed by atoms with Crippen LogP contribution in [0.15, 0.2) is 4.99 Å². The van der Waals surface area contributed by atoms with E-state index in [1.807, 2.05) is 7.05 Å². The molecule has 1 spiro atoms. The van der Waals surface area contributed by atoms with Crippen molar-refractivity contribution in [2.24, 2.45) is 10.4 Å². The predicted molar refractivity (Wildman–Crippen MR) is 102 cm³/mol. The van der Waals surface area contributed by atoms with Crippen LogP contribution in [0.2, 0.25) is 0 Å². The summed E-state index contributed by atoms with van der Waals surface area (Å²) in [5.74, 6) is 1.01. The van der Waals surface area contributed by atoms with Crippen molar-refractivity contribution in [3.63, 3.8) is 0 Å². The van der Waals surface area contributed by atoms with E-state index in [0.29, 0.717) is 23.6 Å². The van der Waals surface area contributed by atoms with Crippen LogP contribution in [0.1, 0.15) is 64.7 Å². The van der Waals surface area contributed by atoms with E-state index in [2.05, 4.69) is 34.5 Å². The van der Waals surface area contributed by atoms with Crippen LogP contribution < -0.4 is 10.6 Å². The van der Waals surface area contributed by atoms with Crippen molar-refractivity contribution in [1.82, 2.24) is 15.5 Å². The third-order valence-corrected chi connectivity index (χ3v) is 7.65. The molecule has 4 fully saturated rings. The molecule has 25 heavy (non-hydrogen) atoms. The fourth-order valence-electron chi connectivity index (χ4n) is 5.90. The molecule has 2 saturated heterocycles. The second-order valence-corrected chi connectivity index (χ2v) is 8.75. The Morgan fingerprint density at radius 2 is 1.84 bits per heavy atom. The molecule has 2 aliphatic heterocycles. The van der Waals surface area contributed by atoms with Gasteiger partial charge in [0.1, 0.15) is 0 Å². The van der Waals surface area contributed by atoms with Gasteiger partial charge >= 0.3 is 0 Å². The molecule has 4 atom stereocenters. The quantitative estimate of drug-likeness (QED) is 0.605. The van der Waals surface area contributed by atoms with Gasteiger partial charge in [0.15, 0.2) is 5.96 Å². The summed E-state index contributed by atoms with van der Waals surface area (Å²) in [6.45, 7) is 2.95. The Kier molecular flexibility index (Phi) is 4.98. The molecule has 2 aliphatic carbocycles. The zero-order chi connectivity index (χ0) is 17.4. The average Bonchev–Trinajstić information content (AvgIpc) is 2.52. The van der Waals surface area contributed by atoms with Gasteiger partial charge < -0.3 is 20.3 Å². The van der Waals surface area contributed by atoms with E-state index >= 15 is 0 Å². The third kappa shape index (κ3) is 3.08. The Labute approximate surface area is 153 Å². The number of fused-ring (bicyclic) bond motifs is 2. The summed E-state index contributed by atoms with van der Waals surface area (Å²) >= 11 is 0. The molecule has 0 aromatic heterocycles. The Balaban J connectivity index is 1.33. The van der Waals surface area contributed by atoms with Crippen LogP contribution >= 0.6 is 0 Å². The van der Waals surface area contributed by atoms with Gasteiger partial charge in [-0.25, -0.2) is 0 Å². The lowest BCUT2D eigenvalue weighted by Crippen LogP contribution is -2.69. The maximum Gasteiger partial charge on any atom is 0.191 e. The largest absolute Gasteiger partial charge is 0.378 e. The summed E-state index contributed by atoms with van der Waals surface area (Å²) in [4.78, 5) is 7.18. The molecular formula is C20H36N4O. The van der Waals surface area contributed by atoms with Crippen LogP contribution in [-0.2, 0) is 4.74 Å². The van der Waals surface area contributed by atoms with Crippen molar-refractivity contribution in [1.29, 1.82) is 0 Å². The molecule has 142 valence electrons. The molecule has 4 unspecified atom stereocenters. The highest BCUT2D eigenvalue weighted by Crippen LogP contribution is 2.57. The minimum atomic E-state index is 0.386. The van der Waals surface area contributed by atoms with Crippen molar-refractivity contribution in [3.05, 3.63) is 0 Å². The first kappa shape index (κ1) is 17.6. The number of piperidine rings is 2. The van der Waals surface area contributed by atoms with Crippen LogP contribution in [0.3, 0.4) is 0 Å². The Morgan fingerprint density at radius 1 is 1.12 bits per heavy atom. The lowest BCUT2D eigenvalue weighted by Gasteiger charge is -2.61. The standard InChI is InChI=1S/C20H36N4O/c1-4-25-18-13-17(20(18)9-6-10-20)23-19(21-2)22-14-11-15-7-5-8-16(12-14)24(15)3/h14-18H,4-13H2,1-3H3,(H2,21,22,23). The lowest BCUT2D eigenvalue weighted by atomic mass is 9.51. The molecule has 4 rings (SSSR count). The van der Waals surface area contributed by atoms with Crippen molar-refractivity contribution in [2.45, 2.75) is 95.0 Å². The zero-order valence-electron chi connectivity index (χ0n) is 16.3. The summed E-state index contributed by atoms with van der Waals surface area (Å²) in [5.41, 5.74) is 0.386. The first-order valence-corrected chi connectivity index (χ1v) is 10.5. The number of rotatable bonds is 4. The minimum Gasteiger partial charge on any atom is -0.378 e. The molecule has 0 radical (unpaired) electrons. The molecule has 0 amide bonds. The number of nitrogens with one attached hydrogen (secondary N) is 2. The normalized spacial score (nSPS) is 40.3. The topological polar surface area (TPSA) is 48.9 Å². The highest BCUT2D eigenvalue weighted by Gasteiger charge is 2.59. The molecule has 4 aliphatic rings. The van der Waals surface area contributed by atoms with Gasteiger partial charge in [-0.1, -0.05) is 12.8 Å². The lowest BCUT2D eigenvalue weighted by molar-refractivity contribution is -0.168. The van der Waals surface area contributed by atoms with Crippen molar-refractivity contribution < 1.29 is 4.74 Å². The second-order valence-electron chi connectivity index (χ2n) is 8.75. The molecular weight excluding hydrogens is 312 g/mol. The average molecular weight is 349 g/mol. The van der Waals surface area contributed by atoms with Gasteiger partial charge in [-0.15, -0.1) is 0 Å². The highest BCUT2D eigenvalue weighted by atomic mass is 16.5. The molecule has 2 bridgehead atoms. The van der Waals surface area contributed by atoms with Gasteiger partial charge in [-0.05, 0) is 58.9 Å². The SMILES string of the molecule is CCOC1CC(NC(=NC)NC2CC3CCCC(C2)N3C)C12CCC2. The maximum absolute atomic E-state index is 5.99. The zero-order valence-corrected chi connectivity index (χ0v) is 16.3. The molecule has 2 N–H and O–H groups in total. The molecule has 5 nitrogen and oxygen atoms in total. The number of nitrogens with zero attached hydrogens (tertiary/aromatic N) is 2. The van der Waals surface area contributed by atoms with Crippen LogP contribution in [0, 0.1) is 5.41 Å². The maximum atomic E-state index is 5.99. The predicted octanol–water partition coefficient (Wildman–Crippen LogP) is 2.51. The summed E-state index contributed by atoms with van der Waals surface area (Å²) in [7, 11) is 4.23. The monoisotopic (exact) mass is 348 g/mol. The van der Waals surface area contributed by atoms with Crippen LogP contribution in [0.25, 0.3) is 0 Å². The van der Waals surface area contributed by atoms with Gasteiger partial charge in [0, 0.05) is 43.2 Å². The van der Waals surface area contributed by atoms with Gasteiger partial charge in [0.05, 0.1) is 6.10 Å². The summed E-state index contributed by atoms with van der Waals surface area (Å²) in [5, 5.41) is 7.51. The summed E-state index contributed by atoms with van der Waals surface area (Å²) in [6, 6.07) is 2.62. The molecule has 2 heterocycles. The smallest absolute Gasteiger partial charge is 0.191 e. The number of hydrogen-bond acceptors (Lipinski definition) is 3. The van der Waals surface area contributed by atoms with E-state index in [0.717, 1.165) is 31.1 Å². The van der Waals surface area contributed by atoms with E-state index in [1.165, 1.54) is 51.4 Å². The Bertz CT molecular complexity index is 490. The Morgan fingerprint density at radius 3 is 2.40 bits per heavy atom. The summed E-state index contributed by atoms with van der Waals surface area (Å²) in [6.07, 6.45) is 12.2. The number of guanidine groups is 1. The molecule has 0 aromatic rings. The van der Waals surface area contributed by atoms with Crippen molar-refractivity contribution >= 4 is 5.96 Å². The van der Waals surface area contributed by atoms with Gasteiger partial charge in [-0.2, -0.15) is 0 Å². The van der Waals surface area contributed by atoms with Crippen LogP contribution in [0.5, 0.6) is 0 Å². The second kappa shape index (κ2) is 7.07. The highest BCUT2D eigenvalue weighted by molar-refractivity contribution is 5.80. The van der Waals surface area contributed by atoms with Crippen molar-refractivity contribution in [3.8, 4) is 0 Å². The first-order valence-electron chi connectivity index (χ1n) is 10.5. The first-order chi connectivity index (χ1) is 12.2. The fraction of sp³-hybridized carbons (Fsp3) is 0.950. The third-order valence-electron chi connectivity index (χ3n) is 7.65. The molecule has 2 saturated carbocycles. The van der Waals surface area contributed by atoms with E-state index in [1.54, 1.807) is 0 Å². The van der Waals surface area contributed by atoms with E-state index in [9.17, 15) is 0 Å². The minimum absolute atomic E-state index is 0.386. The van der Waals surface area contributed by atoms with Crippen LogP contribution in [0.4, 0.5) is 0 Å². The number of aliphatic imine (C=N–C) groups is 1. The number of hydrogen-bond donors (Lipinski definition) is 2. The fourth-order valence-corrected chi connectivity index (χ4v) is 5.90. The van der Waals surface area contributed by atoms with Gasteiger partial charge in [-0.3, -0.25) is 4.99 Å². The Hall–Kier alpha value is -0.810. The molecule has 0 aromatic carbocycles. The van der Waals surface area contributed by atoms with E-state index < -0.39 is 0 Å². The van der Waals surface area contributed by atoms with E-state index in [-0.39, 0.29) is 0 Å². The van der Waals surface area contributed by atoms with Crippen molar-refractivity contribution in [2.75, 3.05) is 20.7 Å². The number of ether oxygens (including phenoxy) is 1. The van der Waals surface area contributed by atoms with Gasteiger partial charge in [0.2, 0.25) is 0 Å². The van der Waals surface area contributed by atoms with Crippen LogP contribution in [-0.4, -0.2) is 61.8 Å². The van der Waals surface area contributed by atoms with Gasteiger partial charge in [0.25, 0.3) is 0 Å².